The van der Waals surface area contributed by atoms with Crippen LogP contribution in [0.3, 0.4) is 0 Å². The predicted octanol–water partition coefficient (Wildman–Crippen LogP) is 17.7. The van der Waals surface area contributed by atoms with Gasteiger partial charge in [-0.2, -0.15) is 0 Å². The molecule has 0 saturated heterocycles. The summed E-state index contributed by atoms with van der Waals surface area (Å²) in [5.41, 5.74) is 21.0. The Balaban J connectivity index is 1.01. The highest BCUT2D eigenvalue weighted by Crippen LogP contribution is 2.54. The smallest absolute Gasteiger partial charge is 0.0543 e. The first-order valence-electron chi connectivity index (χ1n) is 22.3. The summed E-state index contributed by atoms with van der Waals surface area (Å²) in [5, 5.41) is 0. The molecular formula is C63H50N2. The first kappa shape index (κ1) is 40.8. The minimum Gasteiger partial charge on any atom is -0.311 e. The van der Waals surface area contributed by atoms with Crippen LogP contribution in [0.4, 0.5) is 34.1 Å². The molecule has 65 heavy (non-hydrogen) atoms. The zero-order chi connectivity index (χ0) is 44.3. The van der Waals surface area contributed by atoms with E-state index in [9.17, 15) is 0 Å². The highest BCUT2D eigenvalue weighted by Gasteiger charge is 2.37. The van der Waals surface area contributed by atoms with E-state index >= 15 is 0 Å². The van der Waals surface area contributed by atoms with E-state index in [1.54, 1.807) is 6.08 Å². The first-order valence-corrected chi connectivity index (χ1v) is 22.3. The summed E-state index contributed by atoms with van der Waals surface area (Å²) in [4.78, 5) is 4.74. The lowest BCUT2D eigenvalue weighted by Crippen LogP contribution is -2.16. The van der Waals surface area contributed by atoms with Crippen molar-refractivity contribution in [3.63, 3.8) is 0 Å². The fraction of sp³-hybridized carbons (Fsp3) is 0.0476. The van der Waals surface area contributed by atoms with Crippen LogP contribution in [-0.2, 0) is 5.41 Å². The van der Waals surface area contributed by atoms with Gasteiger partial charge in [0.2, 0.25) is 0 Å². The number of anilines is 6. The molecule has 2 nitrogen and oxygen atoms in total. The summed E-state index contributed by atoms with van der Waals surface area (Å²) < 4.78 is 0. The molecule has 0 heterocycles. The second-order valence-electron chi connectivity index (χ2n) is 17.1. The molecule has 10 rings (SSSR count). The molecular weight excluding hydrogens is 785 g/mol. The fourth-order valence-corrected chi connectivity index (χ4v) is 9.48. The number of hydrogen-bond donors (Lipinski definition) is 0. The Morgan fingerprint density at radius 2 is 0.769 bits per heavy atom. The molecule has 0 aliphatic heterocycles. The van der Waals surface area contributed by atoms with E-state index in [0.717, 1.165) is 50.7 Å². The van der Waals surface area contributed by atoms with Crippen molar-refractivity contribution in [3.8, 4) is 44.5 Å². The molecule has 1 aliphatic rings. The van der Waals surface area contributed by atoms with Gasteiger partial charge in [0.15, 0.2) is 0 Å². The molecule has 0 spiro atoms. The van der Waals surface area contributed by atoms with Gasteiger partial charge in [-0.3, -0.25) is 0 Å². The minimum atomic E-state index is -0.108. The van der Waals surface area contributed by atoms with E-state index in [1.807, 2.05) is 12.2 Å². The van der Waals surface area contributed by atoms with Gasteiger partial charge in [0.1, 0.15) is 0 Å². The maximum absolute atomic E-state index is 4.02. The van der Waals surface area contributed by atoms with Crippen LogP contribution >= 0.6 is 0 Å². The molecule has 0 radical (unpaired) electrons. The van der Waals surface area contributed by atoms with E-state index in [-0.39, 0.29) is 5.41 Å². The highest BCUT2D eigenvalue weighted by atomic mass is 15.1. The lowest BCUT2D eigenvalue weighted by atomic mass is 9.82. The number of fused-ring (bicyclic) bond motifs is 3. The van der Waals surface area contributed by atoms with Crippen LogP contribution in [0.5, 0.6) is 0 Å². The molecule has 0 atom stereocenters. The Hall–Kier alpha value is -8.20. The lowest BCUT2D eigenvalue weighted by Gasteiger charge is -2.29. The topological polar surface area (TPSA) is 6.48 Å². The van der Waals surface area contributed by atoms with Crippen LogP contribution in [0.2, 0.25) is 0 Å². The molecule has 0 bridgehead atoms. The van der Waals surface area contributed by atoms with Crippen molar-refractivity contribution in [2.24, 2.45) is 0 Å². The van der Waals surface area contributed by atoms with E-state index < -0.39 is 0 Å². The van der Waals surface area contributed by atoms with Gasteiger partial charge in [-0.25, -0.2) is 0 Å². The van der Waals surface area contributed by atoms with Crippen LogP contribution in [0.1, 0.15) is 30.5 Å². The SMILES string of the molecule is C=C/C=C(\C=C)c1ccc(N(c2ccc(-c3ccccc3)cc2)c2ccc(-c3ccc(N(c4ccc(-c5ccccc5)cc4)c4cccc5c4-c4ccccc4C5(C)C)cc3)cc2)cc1. The summed E-state index contributed by atoms with van der Waals surface area (Å²) in [6, 6.07) is 81.2. The van der Waals surface area contributed by atoms with Crippen LogP contribution in [0.15, 0.2) is 256 Å². The summed E-state index contributed by atoms with van der Waals surface area (Å²) in [7, 11) is 0. The quantitative estimate of drug-likeness (QED) is 0.113. The zero-order valence-corrected chi connectivity index (χ0v) is 36.9. The van der Waals surface area contributed by atoms with Gasteiger partial charge >= 0.3 is 0 Å². The van der Waals surface area contributed by atoms with Crippen molar-refractivity contribution >= 4 is 39.7 Å². The van der Waals surface area contributed by atoms with Crippen LogP contribution in [0, 0.1) is 0 Å². The van der Waals surface area contributed by atoms with Crippen molar-refractivity contribution in [1.29, 1.82) is 0 Å². The lowest BCUT2D eigenvalue weighted by molar-refractivity contribution is 0.660. The van der Waals surface area contributed by atoms with E-state index in [2.05, 4.69) is 261 Å². The number of allylic oxidation sites excluding steroid dienone is 4. The molecule has 2 heteroatoms. The third-order valence-electron chi connectivity index (χ3n) is 12.9. The molecule has 9 aromatic carbocycles. The van der Waals surface area contributed by atoms with Gasteiger partial charge in [-0.15, -0.1) is 0 Å². The van der Waals surface area contributed by atoms with Crippen LogP contribution < -0.4 is 9.80 Å². The second kappa shape index (κ2) is 17.5. The molecule has 0 aromatic heterocycles. The van der Waals surface area contributed by atoms with Crippen LogP contribution in [0.25, 0.3) is 50.1 Å². The summed E-state index contributed by atoms with van der Waals surface area (Å²) in [6.07, 6.45) is 5.66. The average Bonchev–Trinajstić information content (AvgIpc) is 3.61. The summed E-state index contributed by atoms with van der Waals surface area (Å²) in [5.74, 6) is 0. The monoisotopic (exact) mass is 834 g/mol. The van der Waals surface area contributed by atoms with Gasteiger partial charge in [0.05, 0.1) is 5.69 Å². The van der Waals surface area contributed by atoms with E-state index in [1.165, 1.54) is 50.2 Å². The second-order valence-corrected chi connectivity index (χ2v) is 17.1. The Bertz CT molecular complexity index is 3140. The molecule has 0 unspecified atom stereocenters. The average molecular weight is 835 g/mol. The Morgan fingerprint density at radius 1 is 0.385 bits per heavy atom. The zero-order valence-electron chi connectivity index (χ0n) is 36.9. The third-order valence-corrected chi connectivity index (χ3v) is 12.9. The maximum Gasteiger partial charge on any atom is 0.0543 e. The summed E-state index contributed by atoms with van der Waals surface area (Å²) >= 11 is 0. The minimum absolute atomic E-state index is 0.108. The van der Waals surface area contributed by atoms with Crippen molar-refractivity contribution in [3.05, 3.63) is 273 Å². The third kappa shape index (κ3) is 7.81. The summed E-state index contributed by atoms with van der Waals surface area (Å²) in [6.45, 7) is 12.6. The highest BCUT2D eigenvalue weighted by molar-refractivity contribution is 5.95. The molecule has 0 N–H and O–H groups in total. The van der Waals surface area contributed by atoms with Crippen LogP contribution in [-0.4, -0.2) is 0 Å². The normalized spacial score (nSPS) is 12.5. The number of benzene rings is 9. The van der Waals surface area contributed by atoms with Gasteiger partial charge in [0.25, 0.3) is 0 Å². The number of hydrogen-bond acceptors (Lipinski definition) is 2. The van der Waals surface area contributed by atoms with Crippen molar-refractivity contribution in [2.45, 2.75) is 19.3 Å². The fourth-order valence-electron chi connectivity index (χ4n) is 9.48. The Kier molecular flexibility index (Phi) is 11.0. The van der Waals surface area contributed by atoms with Crippen molar-refractivity contribution in [1.82, 2.24) is 0 Å². The Labute approximate surface area is 384 Å². The van der Waals surface area contributed by atoms with Crippen molar-refractivity contribution in [2.75, 3.05) is 9.80 Å². The van der Waals surface area contributed by atoms with E-state index in [4.69, 9.17) is 0 Å². The number of nitrogens with zero attached hydrogens (tertiary/aromatic N) is 2. The van der Waals surface area contributed by atoms with E-state index in [0.29, 0.717) is 0 Å². The molecule has 1 aliphatic carbocycles. The first-order chi connectivity index (χ1) is 31.9. The molecule has 9 aromatic rings. The van der Waals surface area contributed by atoms with Gasteiger partial charge in [-0.05, 0) is 128 Å². The molecule has 312 valence electrons. The van der Waals surface area contributed by atoms with Crippen molar-refractivity contribution < 1.29 is 0 Å². The maximum atomic E-state index is 4.02. The van der Waals surface area contributed by atoms with Gasteiger partial charge in [-0.1, -0.05) is 203 Å². The van der Waals surface area contributed by atoms with Gasteiger partial charge < -0.3 is 9.80 Å². The standard InChI is InChI=1S/C63H50N2/c1-5-16-45(6-2)48-25-35-53(36-26-48)64(54-37-27-49(28-38-54)46-17-9-7-10-18-46)55-39-29-51(30-40-55)52-33-43-57(44-34-52)65(56-41-31-50(32-42-56)47-19-11-8-12-20-47)61-24-15-23-60-62(61)58-21-13-14-22-59(58)63(60,3)4/h5-44H,1-2H2,3-4H3/b45-16+. The predicted molar refractivity (Wildman–Crippen MR) is 278 cm³/mol. The van der Waals surface area contributed by atoms with Gasteiger partial charge in [0, 0.05) is 39.4 Å². The molecule has 0 saturated carbocycles. The molecule has 0 fully saturated rings. The largest absolute Gasteiger partial charge is 0.311 e. The Morgan fingerprint density at radius 3 is 1.22 bits per heavy atom. The number of rotatable bonds is 12. The molecule has 0 amide bonds.